The summed E-state index contributed by atoms with van der Waals surface area (Å²) < 4.78 is 32.9. The van der Waals surface area contributed by atoms with Crippen LogP contribution in [-0.2, 0) is 21.4 Å². The van der Waals surface area contributed by atoms with E-state index in [-0.39, 0.29) is 15.8 Å². The number of amides is 1. The van der Waals surface area contributed by atoms with Crippen molar-refractivity contribution in [3.8, 4) is 5.75 Å². The Balaban J connectivity index is 1.36. The highest BCUT2D eigenvalue weighted by molar-refractivity contribution is 7.89. The van der Waals surface area contributed by atoms with Gasteiger partial charge in [0.05, 0.1) is 5.02 Å². The minimum absolute atomic E-state index is 0.000260. The lowest BCUT2D eigenvalue weighted by atomic mass is 10.2. The molecule has 1 amide bonds. The lowest BCUT2D eigenvalue weighted by Gasteiger charge is -2.17. The van der Waals surface area contributed by atoms with Gasteiger partial charge < -0.3 is 10.1 Å². The highest BCUT2D eigenvalue weighted by Gasteiger charge is 2.29. The first kappa shape index (κ1) is 23.9. The summed E-state index contributed by atoms with van der Waals surface area (Å²) in [5.74, 6) is 0.321. The second-order valence-electron chi connectivity index (χ2n) is 7.80. The van der Waals surface area contributed by atoms with E-state index in [1.54, 1.807) is 24.5 Å². The van der Waals surface area contributed by atoms with Crippen LogP contribution in [0, 0.1) is 0 Å². The van der Waals surface area contributed by atoms with Crippen molar-refractivity contribution >= 4 is 39.3 Å². The molecule has 4 rings (SSSR count). The average molecular weight is 498 g/mol. The van der Waals surface area contributed by atoms with Crippen LogP contribution in [0.2, 0.25) is 5.02 Å². The van der Waals surface area contributed by atoms with Gasteiger partial charge in [-0.15, -0.1) is 0 Å². The molecule has 0 radical (unpaired) electrons. The molecule has 0 aliphatic carbocycles. The van der Waals surface area contributed by atoms with Crippen LogP contribution < -0.4 is 10.1 Å². The normalized spacial score (nSPS) is 14.4. The summed E-state index contributed by atoms with van der Waals surface area (Å²) in [4.78, 5) is 16.4. The third-order valence-electron chi connectivity index (χ3n) is 5.32. The first-order valence-electron chi connectivity index (χ1n) is 10.8. The van der Waals surface area contributed by atoms with Crippen molar-refractivity contribution in [2.75, 3.05) is 18.4 Å². The smallest absolute Gasteiger partial charge is 0.248 e. The number of aromatic nitrogens is 1. The minimum atomic E-state index is -3.69. The fourth-order valence-corrected chi connectivity index (χ4v) is 5.55. The summed E-state index contributed by atoms with van der Waals surface area (Å²) in [6, 6.07) is 15.6. The SMILES string of the molecule is O=C(/C=C/c1ccc(OCc2cccnc2)cc1)Nc1ccc(Cl)c(S(=O)(=O)N2CCCC2)c1. The first-order chi connectivity index (χ1) is 16.4. The highest BCUT2D eigenvalue weighted by atomic mass is 35.5. The molecule has 176 valence electrons. The van der Waals surface area contributed by atoms with Crippen molar-refractivity contribution in [3.63, 3.8) is 0 Å². The van der Waals surface area contributed by atoms with Crippen molar-refractivity contribution in [2.24, 2.45) is 0 Å². The molecule has 3 aromatic rings. The van der Waals surface area contributed by atoms with Gasteiger partial charge in [0.25, 0.3) is 0 Å². The molecule has 1 fully saturated rings. The number of carbonyl (C=O) groups is 1. The molecule has 0 unspecified atom stereocenters. The highest BCUT2D eigenvalue weighted by Crippen LogP contribution is 2.29. The van der Waals surface area contributed by atoms with Crippen LogP contribution in [0.1, 0.15) is 24.0 Å². The zero-order valence-electron chi connectivity index (χ0n) is 18.4. The number of benzene rings is 2. The van der Waals surface area contributed by atoms with Crippen molar-refractivity contribution in [1.29, 1.82) is 0 Å². The summed E-state index contributed by atoms with van der Waals surface area (Å²) >= 11 is 6.16. The van der Waals surface area contributed by atoms with E-state index in [1.165, 1.54) is 22.5 Å². The van der Waals surface area contributed by atoms with Gasteiger partial charge in [0.2, 0.25) is 15.9 Å². The minimum Gasteiger partial charge on any atom is -0.489 e. The molecule has 9 heteroatoms. The third kappa shape index (κ3) is 6.02. The van der Waals surface area contributed by atoms with Gasteiger partial charge in [0.1, 0.15) is 17.3 Å². The maximum Gasteiger partial charge on any atom is 0.248 e. The number of nitrogens with zero attached hydrogens (tertiary/aromatic N) is 2. The molecule has 1 N–H and O–H groups in total. The van der Waals surface area contributed by atoms with Gasteiger partial charge in [-0.25, -0.2) is 8.42 Å². The standard InChI is InChI=1S/C25H24ClN3O4S/c26-23-11-8-21(16-24(23)34(31,32)29-14-1-2-15-29)28-25(30)12-7-19-5-9-22(10-6-19)33-18-20-4-3-13-27-17-20/h3-13,16-17H,1-2,14-15,18H2,(H,28,30)/b12-7+. The monoisotopic (exact) mass is 497 g/mol. The zero-order valence-corrected chi connectivity index (χ0v) is 19.9. The molecule has 1 saturated heterocycles. The Bertz CT molecular complexity index is 1270. The van der Waals surface area contributed by atoms with Gasteiger partial charge in [0, 0.05) is 42.8 Å². The van der Waals surface area contributed by atoms with Gasteiger partial charge in [-0.05, 0) is 60.9 Å². The number of anilines is 1. The van der Waals surface area contributed by atoms with E-state index in [4.69, 9.17) is 16.3 Å². The summed E-state index contributed by atoms with van der Waals surface area (Å²) in [6.07, 6.45) is 8.17. The molecular weight excluding hydrogens is 474 g/mol. The molecule has 0 saturated carbocycles. The molecule has 0 spiro atoms. The first-order valence-corrected chi connectivity index (χ1v) is 12.6. The molecule has 1 aromatic heterocycles. The Morgan fingerprint density at radius 2 is 1.88 bits per heavy atom. The second kappa shape index (κ2) is 10.8. The van der Waals surface area contributed by atoms with Crippen LogP contribution in [-0.4, -0.2) is 36.7 Å². The number of halogens is 1. The predicted octanol–water partition coefficient (Wildman–Crippen LogP) is 4.75. The number of sulfonamides is 1. The number of hydrogen-bond acceptors (Lipinski definition) is 5. The lowest BCUT2D eigenvalue weighted by molar-refractivity contribution is -0.111. The topological polar surface area (TPSA) is 88.6 Å². The lowest BCUT2D eigenvalue weighted by Crippen LogP contribution is -2.28. The van der Waals surface area contributed by atoms with Gasteiger partial charge in [-0.3, -0.25) is 9.78 Å². The van der Waals surface area contributed by atoms with E-state index in [2.05, 4.69) is 10.3 Å². The Morgan fingerprint density at radius 1 is 1.12 bits per heavy atom. The van der Waals surface area contributed by atoms with Crippen LogP contribution in [0.5, 0.6) is 5.75 Å². The van der Waals surface area contributed by atoms with Crippen molar-refractivity contribution in [2.45, 2.75) is 24.3 Å². The fraction of sp³-hybridized carbons (Fsp3) is 0.200. The van der Waals surface area contributed by atoms with Gasteiger partial charge in [-0.2, -0.15) is 4.31 Å². The van der Waals surface area contributed by atoms with E-state index in [0.717, 1.165) is 24.0 Å². The number of rotatable bonds is 8. The molecule has 2 aromatic carbocycles. The van der Waals surface area contributed by atoms with Crippen molar-refractivity contribution in [3.05, 3.63) is 89.2 Å². The van der Waals surface area contributed by atoms with Gasteiger partial charge in [0.15, 0.2) is 0 Å². The van der Waals surface area contributed by atoms with Crippen LogP contribution in [0.4, 0.5) is 5.69 Å². The molecule has 1 aliphatic heterocycles. The van der Waals surface area contributed by atoms with Crippen LogP contribution in [0.3, 0.4) is 0 Å². The summed E-state index contributed by atoms with van der Waals surface area (Å²) in [7, 11) is -3.69. The van der Waals surface area contributed by atoms with E-state index in [9.17, 15) is 13.2 Å². The second-order valence-corrected chi connectivity index (χ2v) is 10.1. The molecule has 2 heterocycles. The zero-order chi connectivity index (χ0) is 24.0. The van der Waals surface area contributed by atoms with E-state index < -0.39 is 10.0 Å². The van der Waals surface area contributed by atoms with E-state index in [1.807, 2.05) is 36.4 Å². The fourth-order valence-electron chi connectivity index (χ4n) is 3.53. The molecular formula is C25H24ClN3O4S. The Hall–Kier alpha value is -3.20. The summed E-state index contributed by atoms with van der Waals surface area (Å²) in [6.45, 7) is 1.37. The molecule has 34 heavy (non-hydrogen) atoms. The van der Waals surface area contributed by atoms with Crippen LogP contribution in [0.15, 0.2) is 78.0 Å². The molecule has 1 aliphatic rings. The van der Waals surface area contributed by atoms with Crippen LogP contribution in [0.25, 0.3) is 6.08 Å². The Morgan fingerprint density at radius 3 is 2.59 bits per heavy atom. The molecule has 7 nitrogen and oxygen atoms in total. The summed E-state index contributed by atoms with van der Waals surface area (Å²) in [5.41, 5.74) is 2.15. The van der Waals surface area contributed by atoms with Gasteiger partial charge >= 0.3 is 0 Å². The van der Waals surface area contributed by atoms with Crippen molar-refractivity contribution < 1.29 is 17.9 Å². The van der Waals surface area contributed by atoms with Crippen molar-refractivity contribution in [1.82, 2.24) is 9.29 Å². The number of nitrogens with one attached hydrogen (secondary N) is 1. The Kier molecular flexibility index (Phi) is 7.62. The maximum atomic E-state index is 12.9. The average Bonchev–Trinajstić information content (AvgIpc) is 3.40. The van der Waals surface area contributed by atoms with Crippen LogP contribution >= 0.6 is 11.6 Å². The van der Waals surface area contributed by atoms with E-state index >= 15 is 0 Å². The predicted molar refractivity (Wildman–Crippen MR) is 132 cm³/mol. The number of ether oxygens (including phenoxy) is 1. The Labute approximate surface area is 204 Å². The number of hydrogen-bond donors (Lipinski definition) is 1. The molecule has 0 atom stereocenters. The molecule has 0 bridgehead atoms. The maximum absolute atomic E-state index is 12.9. The number of pyridine rings is 1. The van der Waals surface area contributed by atoms with E-state index in [0.29, 0.717) is 31.1 Å². The van der Waals surface area contributed by atoms with Gasteiger partial charge in [-0.1, -0.05) is 29.8 Å². The quantitative estimate of drug-likeness (QED) is 0.454. The summed E-state index contributed by atoms with van der Waals surface area (Å²) in [5, 5.41) is 2.83. The number of carbonyl (C=O) groups excluding carboxylic acids is 1. The third-order valence-corrected chi connectivity index (χ3v) is 7.70. The largest absolute Gasteiger partial charge is 0.489 e.